The van der Waals surface area contributed by atoms with Gasteiger partial charge in [0, 0.05) is 26.2 Å². The number of carbonyl (C=O) groups excluding carboxylic acids is 5. The Hall–Kier alpha value is -4.82. The van der Waals surface area contributed by atoms with Gasteiger partial charge in [0.1, 0.15) is 12.2 Å². The monoisotopic (exact) mass is 618 g/mol. The summed E-state index contributed by atoms with van der Waals surface area (Å²) >= 11 is 1.50. The zero-order chi connectivity index (χ0) is 31.2. The summed E-state index contributed by atoms with van der Waals surface area (Å²) < 4.78 is 0.988. The minimum absolute atomic E-state index is 0.0758. The number of thiazole rings is 1. The van der Waals surface area contributed by atoms with Gasteiger partial charge in [0.15, 0.2) is 0 Å². The van der Waals surface area contributed by atoms with Crippen LogP contribution in [0.4, 0.5) is 4.79 Å². The van der Waals surface area contributed by atoms with Gasteiger partial charge in [-0.2, -0.15) is 0 Å². The number of urea groups is 1. The first-order chi connectivity index (χ1) is 21.3. The number of nitrogens with two attached hydrogens (primary N) is 1. The van der Waals surface area contributed by atoms with Crippen molar-refractivity contribution in [1.82, 2.24) is 35.4 Å². The quantitative estimate of drug-likeness (QED) is 0.175. The maximum absolute atomic E-state index is 14.0. The van der Waals surface area contributed by atoms with E-state index in [9.17, 15) is 24.0 Å². The normalized spacial score (nSPS) is 18.7. The largest absolute Gasteiger partial charge is 0.361 e. The van der Waals surface area contributed by atoms with E-state index in [1.807, 2.05) is 48.5 Å². The van der Waals surface area contributed by atoms with E-state index in [-0.39, 0.29) is 63.9 Å². The number of primary amides is 1. The van der Waals surface area contributed by atoms with Crippen LogP contribution in [0.5, 0.6) is 0 Å². The SMILES string of the molecule is C=CCN1CC(=O)N2[C@@H](CCCNC(=O)C(N)=O)C(=O)N(Cc3cccc4scnc34)C[C@@H]2N1C(=O)NCc1ccccc1. The average Bonchev–Trinajstić information content (AvgIpc) is 3.50. The molecule has 2 aliphatic heterocycles. The standard InChI is InChI=1S/C30H34N8O5S/c1-2-14-36-18-25(39)37-22(11-7-13-32-28(41)27(31)40)29(42)35(16-21-10-6-12-23-26(21)34-19-44-23)17-24(37)38(36)30(43)33-15-20-8-4-3-5-9-20/h2-6,8-10,12,19,22,24H,1,7,11,13-18H2,(H2,31,40)(H,32,41)(H,33,43)/t22-,24-/m0/s1. The summed E-state index contributed by atoms with van der Waals surface area (Å²) in [6.07, 6.45) is 1.30. The second-order valence-corrected chi connectivity index (χ2v) is 11.4. The molecule has 2 aromatic carbocycles. The van der Waals surface area contributed by atoms with Gasteiger partial charge in [-0.1, -0.05) is 48.5 Å². The molecule has 2 fully saturated rings. The molecule has 3 heterocycles. The highest BCUT2D eigenvalue weighted by molar-refractivity contribution is 7.16. The Morgan fingerprint density at radius 1 is 1.09 bits per heavy atom. The Labute approximate surface area is 258 Å². The molecule has 3 aromatic rings. The topological polar surface area (TPSA) is 161 Å². The predicted octanol–water partition coefficient (Wildman–Crippen LogP) is 1.17. The van der Waals surface area contributed by atoms with Crippen LogP contribution in [0.3, 0.4) is 0 Å². The van der Waals surface area contributed by atoms with Crippen molar-refractivity contribution in [3.63, 3.8) is 0 Å². The van der Waals surface area contributed by atoms with Crippen molar-refractivity contribution in [3.8, 4) is 0 Å². The average molecular weight is 619 g/mol. The summed E-state index contributed by atoms with van der Waals surface area (Å²) in [4.78, 5) is 71.9. The molecule has 1 aromatic heterocycles. The molecule has 4 N–H and O–H groups in total. The number of aromatic nitrogens is 1. The maximum Gasteiger partial charge on any atom is 0.334 e. The molecular weight excluding hydrogens is 584 g/mol. The van der Waals surface area contributed by atoms with Crippen molar-refractivity contribution < 1.29 is 24.0 Å². The Bertz CT molecular complexity index is 1560. The first kappa shape index (κ1) is 30.6. The number of hydrazine groups is 1. The molecule has 0 radical (unpaired) electrons. The third kappa shape index (κ3) is 6.55. The smallest absolute Gasteiger partial charge is 0.334 e. The molecular formula is C30H34N8O5S. The molecule has 0 bridgehead atoms. The Morgan fingerprint density at radius 3 is 2.64 bits per heavy atom. The van der Waals surface area contributed by atoms with Gasteiger partial charge in [-0.25, -0.2) is 19.8 Å². The molecule has 6 amide bonds. The summed E-state index contributed by atoms with van der Waals surface area (Å²) in [5.41, 5.74) is 9.34. The highest BCUT2D eigenvalue weighted by Crippen LogP contribution is 2.31. The minimum Gasteiger partial charge on any atom is -0.361 e. The molecule has 0 spiro atoms. The van der Waals surface area contributed by atoms with Gasteiger partial charge >= 0.3 is 17.8 Å². The van der Waals surface area contributed by atoms with Crippen LogP contribution in [0.25, 0.3) is 10.2 Å². The fraction of sp³-hybridized carbons (Fsp3) is 0.333. The van der Waals surface area contributed by atoms with E-state index in [4.69, 9.17) is 5.73 Å². The number of amides is 6. The Balaban J connectivity index is 1.44. The van der Waals surface area contributed by atoms with Crippen LogP contribution < -0.4 is 16.4 Å². The van der Waals surface area contributed by atoms with Gasteiger partial charge < -0.3 is 26.2 Å². The van der Waals surface area contributed by atoms with E-state index in [1.165, 1.54) is 21.2 Å². The highest BCUT2D eigenvalue weighted by atomic mass is 32.1. The van der Waals surface area contributed by atoms with Crippen molar-refractivity contribution >= 4 is 51.2 Å². The summed E-state index contributed by atoms with van der Waals surface area (Å²) in [6.45, 7) is 4.59. The molecule has 0 unspecified atom stereocenters. The third-order valence-electron chi connectivity index (χ3n) is 7.63. The lowest BCUT2D eigenvalue weighted by molar-refractivity contribution is -0.190. The van der Waals surface area contributed by atoms with E-state index in [2.05, 4.69) is 22.2 Å². The number of nitrogens with one attached hydrogen (secondary N) is 2. The summed E-state index contributed by atoms with van der Waals surface area (Å²) in [5.74, 6) is -2.60. The molecule has 230 valence electrons. The van der Waals surface area contributed by atoms with Crippen LogP contribution in [-0.2, 0) is 32.3 Å². The Kier molecular flexibility index (Phi) is 9.50. The number of piperazine rings is 1. The molecule has 44 heavy (non-hydrogen) atoms. The lowest BCUT2D eigenvalue weighted by atomic mass is 10.0. The first-order valence-electron chi connectivity index (χ1n) is 14.2. The number of hydrogen-bond acceptors (Lipinski definition) is 8. The third-order valence-corrected chi connectivity index (χ3v) is 8.43. The molecule has 0 aliphatic carbocycles. The second kappa shape index (κ2) is 13.7. The number of rotatable bonds is 10. The van der Waals surface area contributed by atoms with Crippen LogP contribution in [0, 0.1) is 0 Å². The fourth-order valence-corrected chi connectivity index (χ4v) is 6.36. The van der Waals surface area contributed by atoms with Gasteiger partial charge in [0.2, 0.25) is 11.8 Å². The van der Waals surface area contributed by atoms with Crippen LogP contribution in [-0.4, -0.2) is 92.8 Å². The van der Waals surface area contributed by atoms with Crippen molar-refractivity contribution in [3.05, 3.63) is 77.8 Å². The number of carbonyl (C=O) groups is 5. The predicted molar refractivity (Wildman–Crippen MR) is 163 cm³/mol. The van der Waals surface area contributed by atoms with E-state index in [0.29, 0.717) is 0 Å². The van der Waals surface area contributed by atoms with Gasteiger partial charge in [-0.05, 0) is 30.0 Å². The molecule has 2 aliphatic rings. The second-order valence-electron chi connectivity index (χ2n) is 10.5. The van der Waals surface area contributed by atoms with Gasteiger partial charge in [0.25, 0.3) is 0 Å². The molecule has 13 nitrogen and oxygen atoms in total. The number of fused-ring (bicyclic) bond motifs is 2. The van der Waals surface area contributed by atoms with E-state index >= 15 is 0 Å². The van der Waals surface area contributed by atoms with E-state index in [0.717, 1.165) is 21.3 Å². The zero-order valence-electron chi connectivity index (χ0n) is 24.1. The van der Waals surface area contributed by atoms with Gasteiger partial charge in [0.05, 0.1) is 28.8 Å². The molecule has 2 atom stereocenters. The van der Waals surface area contributed by atoms with Gasteiger partial charge in [-0.15, -0.1) is 17.9 Å². The van der Waals surface area contributed by atoms with Crippen LogP contribution in [0.2, 0.25) is 0 Å². The summed E-state index contributed by atoms with van der Waals surface area (Å²) in [7, 11) is 0. The van der Waals surface area contributed by atoms with Crippen molar-refractivity contribution in [2.24, 2.45) is 5.73 Å². The number of hydrogen-bond donors (Lipinski definition) is 3. The van der Waals surface area contributed by atoms with Crippen molar-refractivity contribution in [2.75, 3.05) is 26.2 Å². The van der Waals surface area contributed by atoms with Crippen molar-refractivity contribution in [2.45, 2.75) is 38.1 Å². The minimum atomic E-state index is -1.10. The molecule has 5 rings (SSSR count). The first-order valence-corrected chi connectivity index (χ1v) is 15.1. The maximum atomic E-state index is 14.0. The van der Waals surface area contributed by atoms with Crippen LogP contribution >= 0.6 is 11.3 Å². The molecule has 14 heteroatoms. The van der Waals surface area contributed by atoms with Gasteiger partial charge in [-0.3, -0.25) is 19.2 Å². The lowest BCUT2D eigenvalue weighted by Crippen LogP contribution is -2.76. The Morgan fingerprint density at radius 2 is 1.89 bits per heavy atom. The van der Waals surface area contributed by atoms with E-state index < -0.39 is 30.1 Å². The highest BCUT2D eigenvalue weighted by Gasteiger charge is 2.51. The van der Waals surface area contributed by atoms with Crippen LogP contribution in [0.1, 0.15) is 24.0 Å². The summed E-state index contributed by atoms with van der Waals surface area (Å²) in [5, 5.41) is 8.54. The molecule has 2 saturated heterocycles. The number of benzene rings is 2. The van der Waals surface area contributed by atoms with E-state index in [1.54, 1.807) is 21.5 Å². The van der Waals surface area contributed by atoms with Crippen molar-refractivity contribution in [1.29, 1.82) is 0 Å². The number of nitrogens with zero attached hydrogens (tertiary/aromatic N) is 5. The van der Waals surface area contributed by atoms with Crippen LogP contribution in [0.15, 0.2) is 66.7 Å². The molecule has 0 saturated carbocycles. The summed E-state index contributed by atoms with van der Waals surface area (Å²) in [6, 6.07) is 13.9. The number of para-hydroxylation sites is 1. The zero-order valence-corrected chi connectivity index (χ0v) is 24.9. The fourth-order valence-electron chi connectivity index (χ4n) is 5.64. The lowest BCUT2D eigenvalue weighted by Gasteiger charge is -2.55.